The van der Waals surface area contributed by atoms with E-state index in [2.05, 4.69) is 10.3 Å². The van der Waals surface area contributed by atoms with Crippen LogP contribution in [-0.4, -0.2) is 42.0 Å². The predicted octanol–water partition coefficient (Wildman–Crippen LogP) is 3.01. The van der Waals surface area contributed by atoms with Crippen LogP contribution in [0.1, 0.15) is 38.8 Å². The molecular formula is C18H22FN3OS. The van der Waals surface area contributed by atoms with E-state index in [1.54, 1.807) is 12.1 Å². The molecule has 1 aliphatic rings. The van der Waals surface area contributed by atoms with Gasteiger partial charge in [0.2, 0.25) is 0 Å². The van der Waals surface area contributed by atoms with Gasteiger partial charge in [0, 0.05) is 19.5 Å². The molecule has 1 fully saturated rings. The molecule has 128 valence electrons. The van der Waals surface area contributed by atoms with Crippen molar-refractivity contribution in [3.63, 3.8) is 0 Å². The molecule has 2 aromatic rings. The number of piperidine rings is 1. The molecule has 4 nitrogen and oxygen atoms in total. The van der Waals surface area contributed by atoms with Gasteiger partial charge in [0.25, 0.3) is 5.91 Å². The summed E-state index contributed by atoms with van der Waals surface area (Å²) in [4.78, 5) is 19.9. The highest BCUT2D eigenvalue weighted by molar-refractivity contribution is 7.13. The third-order valence-corrected chi connectivity index (χ3v) is 5.63. The van der Waals surface area contributed by atoms with Gasteiger partial charge in [-0.2, -0.15) is 0 Å². The zero-order valence-corrected chi connectivity index (χ0v) is 14.8. The zero-order valence-electron chi connectivity index (χ0n) is 14.0. The second-order valence-corrected chi connectivity index (χ2v) is 7.31. The molecule has 0 atom stereocenters. The van der Waals surface area contributed by atoms with E-state index in [-0.39, 0.29) is 11.7 Å². The smallest absolute Gasteiger partial charge is 0.265 e. The molecule has 1 aromatic carbocycles. The van der Waals surface area contributed by atoms with E-state index in [1.165, 1.54) is 23.5 Å². The minimum absolute atomic E-state index is 0.0576. The van der Waals surface area contributed by atoms with Crippen LogP contribution in [0.3, 0.4) is 0 Å². The van der Waals surface area contributed by atoms with E-state index in [0.29, 0.717) is 17.3 Å². The highest BCUT2D eigenvalue weighted by Crippen LogP contribution is 2.24. The number of halogens is 1. The van der Waals surface area contributed by atoms with Crippen molar-refractivity contribution in [2.24, 2.45) is 0 Å². The Morgan fingerprint density at radius 2 is 2.00 bits per heavy atom. The van der Waals surface area contributed by atoms with E-state index in [1.807, 2.05) is 18.9 Å². The van der Waals surface area contributed by atoms with Crippen molar-refractivity contribution in [3.05, 3.63) is 51.2 Å². The molecular weight excluding hydrogens is 325 g/mol. The maximum Gasteiger partial charge on any atom is 0.265 e. The summed E-state index contributed by atoms with van der Waals surface area (Å²) in [6.45, 7) is 3.80. The Balaban J connectivity index is 1.72. The van der Waals surface area contributed by atoms with Crippen molar-refractivity contribution < 1.29 is 9.18 Å². The fourth-order valence-electron chi connectivity index (χ4n) is 3.02. The fourth-order valence-corrected chi connectivity index (χ4v) is 4.10. The third kappa shape index (κ3) is 3.82. The Bertz CT molecular complexity index is 708. The molecule has 1 N–H and O–H groups in total. The monoisotopic (exact) mass is 347 g/mol. The highest BCUT2D eigenvalue weighted by atomic mass is 32.1. The molecule has 0 unspecified atom stereocenters. The van der Waals surface area contributed by atoms with Crippen LogP contribution in [0.15, 0.2) is 24.3 Å². The summed E-state index contributed by atoms with van der Waals surface area (Å²) in [6.07, 6.45) is 2.60. The van der Waals surface area contributed by atoms with Gasteiger partial charge in [-0.1, -0.05) is 12.1 Å². The molecule has 1 amide bonds. The van der Waals surface area contributed by atoms with Crippen LogP contribution in [0.2, 0.25) is 0 Å². The first-order valence-corrected chi connectivity index (χ1v) is 9.05. The Labute approximate surface area is 145 Å². The number of hydrogen-bond acceptors (Lipinski definition) is 4. The van der Waals surface area contributed by atoms with E-state index in [9.17, 15) is 9.18 Å². The summed E-state index contributed by atoms with van der Waals surface area (Å²) in [5.74, 6) is -0.184. The average molecular weight is 347 g/mol. The van der Waals surface area contributed by atoms with Crippen LogP contribution >= 0.6 is 11.3 Å². The Morgan fingerprint density at radius 3 is 2.67 bits per heavy atom. The number of nitrogens with one attached hydrogen (secondary N) is 1. The molecule has 0 aliphatic carbocycles. The van der Waals surface area contributed by atoms with E-state index < -0.39 is 0 Å². The fraction of sp³-hybridized carbons (Fsp3) is 0.444. The first-order chi connectivity index (χ1) is 11.5. The summed E-state index contributed by atoms with van der Waals surface area (Å²) in [6, 6.07) is 6.71. The number of thiazole rings is 1. The number of benzene rings is 1. The van der Waals surface area contributed by atoms with Crippen molar-refractivity contribution >= 4 is 17.2 Å². The van der Waals surface area contributed by atoms with Crippen molar-refractivity contribution in [2.45, 2.75) is 32.2 Å². The first-order valence-electron chi connectivity index (χ1n) is 8.23. The first kappa shape index (κ1) is 17.0. The Kier molecular flexibility index (Phi) is 5.26. The summed E-state index contributed by atoms with van der Waals surface area (Å²) < 4.78 is 13.0. The van der Waals surface area contributed by atoms with E-state index in [4.69, 9.17) is 0 Å². The van der Waals surface area contributed by atoms with Crippen molar-refractivity contribution in [1.82, 2.24) is 15.2 Å². The molecule has 0 radical (unpaired) electrons. The molecule has 0 spiro atoms. The van der Waals surface area contributed by atoms with Gasteiger partial charge >= 0.3 is 0 Å². The lowest BCUT2D eigenvalue weighted by molar-refractivity contribution is 0.0707. The Morgan fingerprint density at radius 1 is 1.33 bits per heavy atom. The van der Waals surface area contributed by atoms with Crippen LogP contribution < -0.4 is 5.32 Å². The van der Waals surface area contributed by atoms with Gasteiger partial charge in [0.15, 0.2) is 0 Å². The minimum atomic E-state index is -0.242. The van der Waals surface area contributed by atoms with Crippen LogP contribution in [0.5, 0.6) is 0 Å². The molecule has 6 heteroatoms. The second-order valence-electron chi connectivity index (χ2n) is 6.22. The zero-order chi connectivity index (χ0) is 17.1. The second kappa shape index (κ2) is 7.40. The summed E-state index contributed by atoms with van der Waals surface area (Å²) in [5.41, 5.74) is 1.78. The number of nitrogens with zero attached hydrogens (tertiary/aromatic N) is 2. The van der Waals surface area contributed by atoms with Crippen molar-refractivity contribution in [1.29, 1.82) is 0 Å². The van der Waals surface area contributed by atoms with Crippen LogP contribution in [0, 0.1) is 12.7 Å². The summed E-state index contributed by atoms with van der Waals surface area (Å²) in [5, 5.41) is 4.21. The minimum Gasteiger partial charge on any atom is -0.338 e. The lowest BCUT2D eigenvalue weighted by Gasteiger charge is -2.31. The lowest BCUT2D eigenvalue weighted by Crippen LogP contribution is -2.43. The largest absolute Gasteiger partial charge is 0.338 e. The van der Waals surface area contributed by atoms with Gasteiger partial charge in [-0.15, -0.1) is 11.3 Å². The number of aryl methyl sites for hydroxylation is 1. The van der Waals surface area contributed by atoms with Crippen molar-refractivity contribution in [2.75, 3.05) is 20.1 Å². The third-order valence-electron chi connectivity index (χ3n) is 4.48. The summed E-state index contributed by atoms with van der Waals surface area (Å²) in [7, 11) is 1.89. The number of hydrogen-bond donors (Lipinski definition) is 1. The molecule has 0 bridgehead atoms. The van der Waals surface area contributed by atoms with Gasteiger partial charge in [0.05, 0.1) is 10.7 Å². The van der Waals surface area contributed by atoms with Crippen LogP contribution in [-0.2, 0) is 6.42 Å². The molecule has 3 rings (SSSR count). The van der Waals surface area contributed by atoms with Gasteiger partial charge in [0.1, 0.15) is 10.7 Å². The molecule has 1 aliphatic heterocycles. The number of rotatable bonds is 4. The predicted molar refractivity (Wildman–Crippen MR) is 94.0 cm³/mol. The highest BCUT2D eigenvalue weighted by Gasteiger charge is 2.25. The van der Waals surface area contributed by atoms with Gasteiger partial charge < -0.3 is 10.2 Å². The maximum absolute atomic E-state index is 13.0. The molecule has 0 saturated carbocycles. The van der Waals surface area contributed by atoms with Crippen LogP contribution in [0.25, 0.3) is 0 Å². The lowest BCUT2D eigenvalue weighted by atomic mass is 10.1. The number of amides is 1. The van der Waals surface area contributed by atoms with Crippen LogP contribution in [0.4, 0.5) is 4.39 Å². The quantitative estimate of drug-likeness (QED) is 0.925. The Hall–Kier alpha value is -1.79. The topological polar surface area (TPSA) is 45.2 Å². The van der Waals surface area contributed by atoms with Gasteiger partial charge in [-0.3, -0.25) is 4.79 Å². The molecule has 24 heavy (non-hydrogen) atoms. The molecule has 1 saturated heterocycles. The SMILES string of the molecule is Cc1nc(Cc2ccc(F)cc2)sc1C(=O)N(C)C1CCNCC1. The van der Waals surface area contributed by atoms with E-state index >= 15 is 0 Å². The number of carbonyl (C=O) groups is 1. The average Bonchev–Trinajstić information content (AvgIpc) is 2.96. The number of aromatic nitrogens is 1. The number of carbonyl (C=O) groups excluding carboxylic acids is 1. The maximum atomic E-state index is 13.0. The van der Waals surface area contributed by atoms with Gasteiger partial charge in [-0.05, 0) is 50.6 Å². The normalized spacial score (nSPS) is 15.5. The molecule has 2 heterocycles. The van der Waals surface area contributed by atoms with E-state index in [0.717, 1.165) is 42.2 Å². The van der Waals surface area contributed by atoms with Crippen molar-refractivity contribution in [3.8, 4) is 0 Å². The van der Waals surface area contributed by atoms with Gasteiger partial charge in [-0.25, -0.2) is 9.37 Å². The molecule has 1 aromatic heterocycles. The standard InChI is InChI=1S/C18H22FN3OS/c1-12-17(18(23)22(2)15-7-9-20-10-8-15)24-16(21-12)11-13-3-5-14(19)6-4-13/h3-6,15,20H,7-11H2,1-2H3. The summed E-state index contributed by atoms with van der Waals surface area (Å²) >= 11 is 1.45.